The fraction of sp³-hybridized carbons (Fsp3) is 0.250. The van der Waals surface area contributed by atoms with Crippen LogP contribution in [0, 0.1) is 0 Å². The summed E-state index contributed by atoms with van der Waals surface area (Å²) >= 11 is 0. The number of halogens is 2. The zero-order chi connectivity index (χ0) is 15.7. The number of fused-ring (bicyclic) bond motifs is 1. The fourth-order valence-corrected chi connectivity index (χ4v) is 1.88. The number of anilines is 1. The molecular formula is C12H11F2N7O. The molecule has 0 bridgehead atoms. The molecule has 1 atom stereocenters. The van der Waals surface area contributed by atoms with E-state index in [0.29, 0.717) is 15.6 Å². The number of rotatable bonds is 4. The molecule has 3 heterocycles. The number of nitrogens with two attached hydrogens (primary N) is 1. The van der Waals surface area contributed by atoms with Crippen LogP contribution in [-0.4, -0.2) is 29.7 Å². The van der Waals surface area contributed by atoms with Crippen molar-refractivity contribution in [3.05, 3.63) is 30.7 Å². The van der Waals surface area contributed by atoms with Crippen LogP contribution in [0.25, 0.3) is 10.9 Å². The van der Waals surface area contributed by atoms with Crippen LogP contribution >= 0.6 is 0 Å². The van der Waals surface area contributed by atoms with Crippen LogP contribution in [0.3, 0.4) is 0 Å². The van der Waals surface area contributed by atoms with Gasteiger partial charge in [-0.05, 0) is 13.0 Å². The van der Waals surface area contributed by atoms with E-state index >= 15 is 0 Å². The van der Waals surface area contributed by atoms with Gasteiger partial charge in [0.1, 0.15) is 23.9 Å². The topological polar surface area (TPSA) is 105 Å². The van der Waals surface area contributed by atoms with Gasteiger partial charge in [-0.15, -0.1) is 5.10 Å². The minimum absolute atomic E-state index is 0.106. The first-order valence-corrected chi connectivity index (χ1v) is 6.27. The molecule has 0 amide bonds. The monoisotopic (exact) mass is 307 g/mol. The number of alkyl halides is 2. The van der Waals surface area contributed by atoms with E-state index < -0.39 is 12.7 Å². The van der Waals surface area contributed by atoms with E-state index in [0.717, 1.165) is 6.33 Å². The van der Waals surface area contributed by atoms with Gasteiger partial charge in [-0.2, -0.15) is 13.5 Å². The van der Waals surface area contributed by atoms with Gasteiger partial charge in [0.25, 0.3) is 0 Å². The highest BCUT2D eigenvalue weighted by atomic mass is 19.3. The molecule has 8 nitrogen and oxygen atoms in total. The second-order valence-electron chi connectivity index (χ2n) is 4.39. The van der Waals surface area contributed by atoms with E-state index in [4.69, 9.17) is 10.5 Å². The molecule has 0 radical (unpaired) electrons. The highest BCUT2D eigenvalue weighted by Crippen LogP contribution is 2.28. The number of hydrogen-bond acceptors (Lipinski definition) is 7. The number of ether oxygens (including phenoxy) is 1. The van der Waals surface area contributed by atoms with E-state index in [1.54, 1.807) is 13.0 Å². The molecule has 3 rings (SSSR count). The van der Waals surface area contributed by atoms with Crippen molar-refractivity contribution >= 4 is 16.7 Å². The number of nitrogens with zero attached hydrogens (tertiary/aromatic N) is 6. The van der Waals surface area contributed by atoms with Crippen molar-refractivity contribution in [3.63, 3.8) is 0 Å². The van der Waals surface area contributed by atoms with Crippen LogP contribution in [0.2, 0.25) is 0 Å². The summed E-state index contributed by atoms with van der Waals surface area (Å²) in [4.78, 5) is 15.8. The molecule has 0 aliphatic heterocycles. The highest BCUT2D eigenvalue weighted by Gasteiger charge is 2.18. The predicted molar refractivity (Wildman–Crippen MR) is 72.1 cm³/mol. The molecule has 0 fully saturated rings. The molecule has 0 saturated carbocycles. The van der Waals surface area contributed by atoms with Crippen molar-refractivity contribution < 1.29 is 13.5 Å². The van der Waals surface area contributed by atoms with Crippen LogP contribution in [0.1, 0.15) is 25.4 Å². The highest BCUT2D eigenvalue weighted by molar-refractivity contribution is 5.91. The summed E-state index contributed by atoms with van der Waals surface area (Å²) in [6, 6.07) is 1.66. The Morgan fingerprint density at radius 2 is 2.05 bits per heavy atom. The van der Waals surface area contributed by atoms with Gasteiger partial charge in [-0.3, -0.25) is 0 Å². The minimum atomic E-state index is -2.76. The predicted octanol–water partition coefficient (Wildman–Crippen LogP) is 1.73. The van der Waals surface area contributed by atoms with E-state index in [1.165, 1.54) is 12.5 Å². The summed E-state index contributed by atoms with van der Waals surface area (Å²) in [5.74, 6) is 0.511. The molecule has 0 aliphatic carbocycles. The zero-order valence-electron chi connectivity index (χ0n) is 11.4. The average molecular weight is 307 g/mol. The van der Waals surface area contributed by atoms with E-state index in [9.17, 15) is 8.78 Å². The van der Waals surface area contributed by atoms with Crippen molar-refractivity contribution in [1.82, 2.24) is 29.7 Å². The number of nitrogen functional groups attached to an aromatic ring is 1. The zero-order valence-corrected chi connectivity index (χ0v) is 11.4. The average Bonchev–Trinajstić information content (AvgIpc) is 2.97. The van der Waals surface area contributed by atoms with E-state index in [2.05, 4.69) is 25.0 Å². The Morgan fingerprint density at radius 1 is 1.23 bits per heavy atom. The van der Waals surface area contributed by atoms with Crippen molar-refractivity contribution in [2.75, 3.05) is 5.73 Å². The van der Waals surface area contributed by atoms with Crippen molar-refractivity contribution in [2.24, 2.45) is 0 Å². The molecule has 3 aromatic rings. The molecule has 2 N–H and O–H groups in total. The van der Waals surface area contributed by atoms with Crippen LogP contribution in [0.4, 0.5) is 14.6 Å². The third-order valence-corrected chi connectivity index (χ3v) is 2.92. The lowest BCUT2D eigenvalue weighted by atomic mass is 10.3. The minimum Gasteiger partial charge on any atom is -0.466 e. The SMILES string of the molecule is CC(Oc1nccc2ncnc(N)c12)c1ncn(C(F)F)n1. The molecule has 0 aliphatic rings. The summed E-state index contributed by atoms with van der Waals surface area (Å²) in [5, 5.41) is 4.10. The molecule has 0 aromatic carbocycles. The van der Waals surface area contributed by atoms with Gasteiger partial charge in [-0.25, -0.2) is 19.9 Å². The third-order valence-electron chi connectivity index (χ3n) is 2.92. The van der Waals surface area contributed by atoms with Gasteiger partial charge < -0.3 is 10.5 Å². The molecular weight excluding hydrogens is 296 g/mol. The normalized spacial score (nSPS) is 12.7. The lowest BCUT2D eigenvalue weighted by molar-refractivity contribution is 0.0550. The lowest BCUT2D eigenvalue weighted by Gasteiger charge is -2.12. The summed E-state index contributed by atoms with van der Waals surface area (Å²) in [5.41, 5.74) is 6.38. The maximum absolute atomic E-state index is 12.5. The molecule has 10 heteroatoms. The van der Waals surface area contributed by atoms with Gasteiger partial charge in [0.15, 0.2) is 11.9 Å². The van der Waals surface area contributed by atoms with E-state index in [1.807, 2.05) is 0 Å². The Morgan fingerprint density at radius 3 is 2.77 bits per heavy atom. The van der Waals surface area contributed by atoms with Crippen LogP contribution in [0.15, 0.2) is 24.9 Å². The van der Waals surface area contributed by atoms with Crippen molar-refractivity contribution in [3.8, 4) is 5.88 Å². The fourth-order valence-electron chi connectivity index (χ4n) is 1.88. The van der Waals surface area contributed by atoms with Gasteiger partial charge >= 0.3 is 6.55 Å². The van der Waals surface area contributed by atoms with Gasteiger partial charge in [0, 0.05) is 6.20 Å². The summed E-state index contributed by atoms with van der Waals surface area (Å²) in [7, 11) is 0. The van der Waals surface area contributed by atoms with Crippen molar-refractivity contribution in [1.29, 1.82) is 0 Å². The Hall–Kier alpha value is -2.91. The maximum Gasteiger partial charge on any atom is 0.334 e. The first-order chi connectivity index (χ1) is 10.6. The van der Waals surface area contributed by atoms with E-state index in [-0.39, 0.29) is 17.5 Å². The second kappa shape index (κ2) is 5.47. The summed E-state index contributed by atoms with van der Waals surface area (Å²) in [6.07, 6.45) is 3.07. The Kier molecular flexibility index (Phi) is 3.49. The summed E-state index contributed by atoms with van der Waals surface area (Å²) in [6.45, 7) is -1.14. The van der Waals surface area contributed by atoms with Crippen LogP contribution in [0.5, 0.6) is 5.88 Å². The lowest BCUT2D eigenvalue weighted by Crippen LogP contribution is -2.09. The Labute approximate surface area is 123 Å². The Bertz CT molecular complexity index is 802. The largest absolute Gasteiger partial charge is 0.466 e. The molecule has 3 aromatic heterocycles. The molecule has 114 valence electrons. The molecule has 1 unspecified atom stereocenters. The second-order valence-corrected chi connectivity index (χ2v) is 4.39. The molecule has 22 heavy (non-hydrogen) atoms. The number of pyridine rings is 1. The van der Waals surface area contributed by atoms with Gasteiger partial charge in [0.05, 0.1) is 5.52 Å². The maximum atomic E-state index is 12.5. The van der Waals surface area contributed by atoms with Gasteiger partial charge in [-0.1, -0.05) is 0 Å². The van der Waals surface area contributed by atoms with Crippen molar-refractivity contribution in [2.45, 2.75) is 19.6 Å². The number of hydrogen-bond donors (Lipinski definition) is 1. The van der Waals surface area contributed by atoms with Crippen LogP contribution < -0.4 is 10.5 Å². The smallest absolute Gasteiger partial charge is 0.334 e. The quantitative estimate of drug-likeness (QED) is 0.782. The number of aromatic nitrogens is 6. The molecule has 0 saturated heterocycles. The molecule has 0 spiro atoms. The standard InChI is InChI=1S/C12H11F2N7O/c1-6(10-19-5-21(20-10)12(13)14)22-11-8-7(2-3-16-11)17-4-18-9(8)15/h2-6,12H,1H3,(H2,15,17,18). The van der Waals surface area contributed by atoms with Crippen LogP contribution in [-0.2, 0) is 0 Å². The third kappa shape index (κ3) is 2.50. The van der Waals surface area contributed by atoms with Gasteiger partial charge in [0.2, 0.25) is 5.88 Å². The first kappa shape index (κ1) is 14.0. The first-order valence-electron chi connectivity index (χ1n) is 6.27. The summed E-state index contributed by atoms with van der Waals surface area (Å²) < 4.78 is 31.1. The Balaban J connectivity index is 1.92.